The summed E-state index contributed by atoms with van der Waals surface area (Å²) < 4.78 is 85.3. The normalized spacial score (nSPS) is 22.0. The van der Waals surface area contributed by atoms with E-state index in [9.17, 15) is 26.0 Å². The maximum Gasteiger partial charge on any atom is 0.448 e. The molecule has 2 heterocycles. The first-order valence-corrected chi connectivity index (χ1v) is 10.7. The summed E-state index contributed by atoms with van der Waals surface area (Å²) in [5.41, 5.74) is 0.0888. The lowest BCUT2D eigenvalue weighted by atomic mass is 10.2. The zero-order valence-corrected chi connectivity index (χ0v) is 16.7. The molecule has 12 heteroatoms. The second kappa shape index (κ2) is 8.00. The van der Waals surface area contributed by atoms with Crippen molar-refractivity contribution >= 4 is 22.0 Å². The summed E-state index contributed by atoms with van der Waals surface area (Å²) in [5, 5.41) is 3.26. The van der Waals surface area contributed by atoms with Crippen molar-refractivity contribution in [1.82, 2.24) is 4.31 Å². The van der Waals surface area contributed by atoms with Gasteiger partial charge in [-0.1, -0.05) is 17.3 Å². The molecule has 0 N–H and O–H groups in total. The Balaban J connectivity index is 1.50. The van der Waals surface area contributed by atoms with Gasteiger partial charge in [-0.25, -0.2) is 12.8 Å². The zero-order valence-electron chi connectivity index (χ0n) is 15.9. The minimum Gasteiger partial charge on any atom is -0.487 e. The van der Waals surface area contributed by atoms with Crippen molar-refractivity contribution in [3.63, 3.8) is 0 Å². The van der Waals surface area contributed by atoms with Gasteiger partial charge < -0.3 is 9.57 Å². The molecule has 31 heavy (non-hydrogen) atoms. The first-order valence-electron chi connectivity index (χ1n) is 9.22. The Hall–Kier alpha value is -2.86. The lowest BCUT2D eigenvalue weighted by molar-refractivity contribution is -0.211. The quantitative estimate of drug-likeness (QED) is 0.642. The van der Waals surface area contributed by atoms with E-state index in [1.165, 1.54) is 28.6 Å². The number of alkyl halides is 3. The molecule has 2 atom stereocenters. The number of oxime groups is 1. The Bertz CT molecular complexity index is 1080. The first kappa shape index (κ1) is 21.4. The Labute approximate surface area is 175 Å². The fourth-order valence-electron chi connectivity index (χ4n) is 3.37. The van der Waals surface area contributed by atoms with Crippen LogP contribution in [0.5, 0.6) is 5.75 Å². The lowest BCUT2D eigenvalue weighted by Gasteiger charge is -2.26. The molecule has 2 unspecified atom stereocenters. The van der Waals surface area contributed by atoms with E-state index in [0.29, 0.717) is 6.42 Å². The van der Waals surface area contributed by atoms with Crippen LogP contribution in [0.15, 0.2) is 58.6 Å². The lowest BCUT2D eigenvalue weighted by Crippen LogP contribution is -2.43. The molecule has 0 radical (unpaired) electrons. The molecule has 0 saturated carbocycles. The van der Waals surface area contributed by atoms with Gasteiger partial charge in [0.25, 0.3) is 0 Å². The van der Waals surface area contributed by atoms with E-state index in [1.807, 2.05) is 0 Å². The minimum atomic E-state index is -4.68. The molecule has 2 aromatic carbocycles. The fraction of sp³-hybridized carbons (Fsp3) is 0.316. The Morgan fingerprint density at radius 2 is 1.81 bits per heavy atom. The number of anilines is 1. The number of benzene rings is 2. The molecule has 4 rings (SSSR count). The maximum absolute atomic E-state index is 13.2. The molecule has 2 aliphatic heterocycles. The molecule has 0 aromatic heterocycles. The van der Waals surface area contributed by atoms with Crippen molar-refractivity contribution in [3.8, 4) is 5.75 Å². The van der Waals surface area contributed by atoms with Gasteiger partial charge in [0.1, 0.15) is 24.0 Å². The van der Waals surface area contributed by atoms with Gasteiger partial charge in [-0.2, -0.15) is 17.5 Å². The number of sulfonamides is 1. The van der Waals surface area contributed by atoms with Crippen LogP contribution in [-0.4, -0.2) is 50.7 Å². The molecule has 0 amide bonds. The van der Waals surface area contributed by atoms with E-state index >= 15 is 0 Å². The van der Waals surface area contributed by atoms with E-state index < -0.39 is 34.3 Å². The van der Waals surface area contributed by atoms with Gasteiger partial charge in [0.2, 0.25) is 10.0 Å². The van der Waals surface area contributed by atoms with Crippen LogP contribution in [0.2, 0.25) is 0 Å². The third-order valence-corrected chi connectivity index (χ3v) is 6.74. The topological polar surface area (TPSA) is 71.4 Å². The molecule has 1 fully saturated rings. The molecule has 0 spiro atoms. The number of hydrogen-bond donors (Lipinski definition) is 0. The highest BCUT2D eigenvalue weighted by Crippen LogP contribution is 2.37. The molecule has 2 aliphatic rings. The molecular formula is C19H17F4N3O4S. The molecule has 7 nitrogen and oxygen atoms in total. The van der Waals surface area contributed by atoms with Crippen LogP contribution in [0.3, 0.4) is 0 Å². The van der Waals surface area contributed by atoms with Crippen molar-refractivity contribution in [2.45, 2.75) is 29.8 Å². The van der Waals surface area contributed by atoms with Crippen molar-refractivity contribution in [3.05, 3.63) is 54.3 Å². The SMILES string of the molecule is O=S(=O)(c1ccc(F)cc1)N1CCC(Oc2ccccc2N2C=NOC2C(F)(F)F)C1. The van der Waals surface area contributed by atoms with Crippen molar-refractivity contribution in [1.29, 1.82) is 0 Å². The third-order valence-electron chi connectivity index (χ3n) is 4.86. The van der Waals surface area contributed by atoms with E-state index in [1.54, 1.807) is 12.1 Å². The van der Waals surface area contributed by atoms with E-state index in [0.717, 1.165) is 23.4 Å². The Morgan fingerprint density at radius 3 is 2.52 bits per heavy atom. The largest absolute Gasteiger partial charge is 0.487 e. The number of hydrogen-bond acceptors (Lipinski definition) is 6. The van der Waals surface area contributed by atoms with E-state index in [2.05, 4.69) is 9.99 Å². The highest BCUT2D eigenvalue weighted by molar-refractivity contribution is 7.89. The van der Waals surface area contributed by atoms with Crippen LogP contribution in [0, 0.1) is 5.82 Å². The standard InChI is InChI=1S/C19H17F4N3O4S/c20-13-5-7-15(8-6-13)31(27,28)25-10-9-14(11-25)29-17-4-2-1-3-16(17)26-12-24-30-18(26)19(21,22)23/h1-8,12,14,18H,9-11H2. The summed E-state index contributed by atoms with van der Waals surface area (Å²) in [7, 11) is -3.85. The molecular weight excluding hydrogens is 442 g/mol. The molecule has 0 bridgehead atoms. The van der Waals surface area contributed by atoms with Crippen LogP contribution in [0.4, 0.5) is 23.2 Å². The third kappa shape index (κ3) is 4.30. The summed E-state index contributed by atoms with van der Waals surface area (Å²) in [5.74, 6) is -0.412. The predicted octanol–water partition coefficient (Wildman–Crippen LogP) is 3.34. The van der Waals surface area contributed by atoms with Crippen LogP contribution in [-0.2, 0) is 14.9 Å². The number of halogens is 4. The molecule has 1 saturated heterocycles. The van der Waals surface area contributed by atoms with Crippen molar-refractivity contribution in [2.24, 2.45) is 5.16 Å². The van der Waals surface area contributed by atoms with Gasteiger partial charge in [0.15, 0.2) is 0 Å². The van der Waals surface area contributed by atoms with Gasteiger partial charge >= 0.3 is 12.4 Å². The van der Waals surface area contributed by atoms with E-state index in [-0.39, 0.29) is 29.4 Å². The number of nitrogens with zero attached hydrogens (tertiary/aromatic N) is 3. The highest BCUT2D eigenvalue weighted by Gasteiger charge is 2.49. The van der Waals surface area contributed by atoms with Gasteiger partial charge in [-0.3, -0.25) is 4.90 Å². The smallest absolute Gasteiger partial charge is 0.448 e. The maximum atomic E-state index is 13.2. The van der Waals surface area contributed by atoms with Crippen LogP contribution >= 0.6 is 0 Å². The molecule has 0 aliphatic carbocycles. The summed E-state index contributed by atoms with van der Waals surface area (Å²) in [6.07, 6.45) is -6.29. The minimum absolute atomic E-state index is 0.00132. The first-order chi connectivity index (χ1) is 14.7. The second-order valence-corrected chi connectivity index (χ2v) is 8.88. The molecule has 2 aromatic rings. The van der Waals surface area contributed by atoms with Gasteiger partial charge in [0, 0.05) is 6.54 Å². The monoisotopic (exact) mass is 459 g/mol. The Morgan fingerprint density at radius 1 is 1.10 bits per heavy atom. The van der Waals surface area contributed by atoms with Crippen molar-refractivity contribution in [2.75, 3.05) is 18.0 Å². The van der Waals surface area contributed by atoms with E-state index in [4.69, 9.17) is 4.74 Å². The number of rotatable bonds is 5. The fourth-order valence-corrected chi connectivity index (χ4v) is 4.86. The number of para-hydroxylation sites is 2. The summed E-state index contributed by atoms with van der Waals surface area (Å²) in [6.45, 7) is 0.160. The Kier molecular flexibility index (Phi) is 5.52. The van der Waals surface area contributed by atoms with Gasteiger partial charge in [-0.15, -0.1) is 0 Å². The highest BCUT2D eigenvalue weighted by atomic mass is 32.2. The average molecular weight is 459 g/mol. The van der Waals surface area contributed by atoms with Crippen molar-refractivity contribution < 1.29 is 35.6 Å². The average Bonchev–Trinajstić information content (AvgIpc) is 3.38. The summed E-state index contributed by atoms with van der Waals surface area (Å²) >= 11 is 0. The van der Waals surface area contributed by atoms with Gasteiger partial charge in [-0.05, 0) is 42.8 Å². The second-order valence-electron chi connectivity index (χ2n) is 6.94. The number of ether oxygens (including phenoxy) is 1. The van der Waals surface area contributed by atoms with Crippen LogP contribution < -0.4 is 9.64 Å². The zero-order chi connectivity index (χ0) is 22.2. The summed E-state index contributed by atoms with van der Waals surface area (Å²) in [4.78, 5) is 5.18. The summed E-state index contributed by atoms with van der Waals surface area (Å²) in [6, 6.07) is 10.5. The predicted molar refractivity (Wildman–Crippen MR) is 103 cm³/mol. The van der Waals surface area contributed by atoms with Crippen LogP contribution in [0.25, 0.3) is 0 Å². The van der Waals surface area contributed by atoms with Crippen LogP contribution in [0.1, 0.15) is 6.42 Å². The van der Waals surface area contributed by atoms with Gasteiger partial charge in [0.05, 0.1) is 17.1 Å². The molecule has 166 valence electrons.